The molecule has 0 bridgehead atoms. The SMILES string of the molecule is CCOC(C#Cc1cc(F)c(C#N)cc1N)OCC. The quantitative estimate of drug-likeness (QED) is 0.512. The average Bonchev–Trinajstić information content (AvgIpc) is 2.39. The van der Waals surface area contributed by atoms with Crippen LogP contribution in [0.4, 0.5) is 10.1 Å². The number of hydrogen-bond acceptors (Lipinski definition) is 4. The van der Waals surface area contributed by atoms with Gasteiger partial charge in [0.1, 0.15) is 11.9 Å². The van der Waals surface area contributed by atoms with Gasteiger partial charge in [0.15, 0.2) is 0 Å². The molecular formula is C14H15FN2O2. The molecule has 0 saturated heterocycles. The van der Waals surface area contributed by atoms with E-state index in [1.54, 1.807) is 6.07 Å². The van der Waals surface area contributed by atoms with Gasteiger partial charge in [-0.15, -0.1) is 0 Å². The van der Waals surface area contributed by atoms with Gasteiger partial charge in [-0.3, -0.25) is 0 Å². The second-order valence-electron chi connectivity index (χ2n) is 3.54. The van der Waals surface area contributed by atoms with Crippen LogP contribution < -0.4 is 5.73 Å². The molecule has 0 unspecified atom stereocenters. The van der Waals surface area contributed by atoms with Crippen molar-refractivity contribution in [2.45, 2.75) is 20.1 Å². The third kappa shape index (κ3) is 4.26. The molecule has 0 amide bonds. The van der Waals surface area contributed by atoms with Gasteiger partial charge in [0.05, 0.1) is 11.1 Å². The maximum Gasteiger partial charge on any atom is 0.222 e. The summed E-state index contributed by atoms with van der Waals surface area (Å²) in [5.41, 5.74) is 6.15. The number of ether oxygens (including phenoxy) is 2. The fourth-order valence-corrected chi connectivity index (χ4v) is 1.35. The molecule has 0 fully saturated rings. The summed E-state index contributed by atoms with van der Waals surface area (Å²) in [6.45, 7) is 4.56. The van der Waals surface area contributed by atoms with Crippen LogP contribution >= 0.6 is 0 Å². The Morgan fingerprint density at radius 1 is 1.26 bits per heavy atom. The number of halogens is 1. The summed E-state index contributed by atoms with van der Waals surface area (Å²) in [6.07, 6.45) is -0.673. The van der Waals surface area contributed by atoms with Gasteiger partial charge in [0.25, 0.3) is 0 Å². The first kappa shape index (κ1) is 15.0. The molecule has 0 radical (unpaired) electrons. The van der Waals surface area contributed by atoms with E-state index < -0.39 is 12.1 Å². The summed E-state index contributed by atoms with van der Waals surface area (Å²) >= 11 is 0. The lowest BCUT2D eigenvalue weighted by atomic mass is 10.1. The number of nitriles is 1. The van der Waals surface area contributed by atoms with Crippen LogP contribution in [0, 0.1) is 29.0 Å². The second kappa shape index (κ2) is 7.38. The van der Waals surface area contributed by atoms with Crippen molar-refractivity contribution in [1.29, 1.82) is 5.26 Å². The molecule has 0 aliphatic rings. The van der Waals surface area contributed by atoms with Crippen LogP contribution in [0.5, 0.6) is 0 Å². The zero-order valence-corrected chi connectivity index (χ0v) is 10.9. The van der Waals surface area contributed by atoms with E-state index >= 15 is 0 Å². The number of nitrogens with zero attached hydrogens (tertiary/aromatic N) is 1. The van der Waals surface area contributed by atoms with Crippen LogP contribution in [-0.4, -0.2) is 19.5 Å². The number of benzene rings is 1. The zero-order chi connectivity index (χ0) is 14.3. The van der Waals surface area contributed by atoms with Crippen molar-refractivity contribution in [2.24, 2.45) is 0 Å². The lowest BCUT2D eigenvalue weighted by Gasteiger charge is -2.09. The van der Waals surface area contributed by atoms with Crippen molar-refractivity contribution in [3.05, 3.63) is 29.1 Å². The Morgan fingerprint density at radius 3 is 2.42 bits per heavy atom. The van der Waals surface area contributed by atoms with Crippen molar-refractivity contribution in [1.82, 2.24) is 0 Å². The lowest BCUT2D eigenvalue weighted by molar-refractivity contribution is -0.0969. The maximum absolute atomic E-state index is 13.4. The Morgan fingerprint density at radius 2 is 1.89 bits per heavy atom. The van der Waals surface area contributed by atoms with Gasteiger partial charge in [0, 0.05) is 18.9 Å². The van der Waals surface area contributed by atoms with Crippen LogP contribution in [0.15, 0.2) is 12.1 Å². The molecule has 0 aliphatic heterocycles. The Balaban J connectivity index is 2.99. The molecule has 5 heteroatoms. The molecule has 100 valence electrons. The lowest BCUT2D eigenvalue weighted by Crippen LogP contribution is -2.14. The molecule has 0 saturated carbocycles. The Hall–Kier alpha value is -2.08. The van der Waals surface area contributed by atoms with E-state index in [9.17, 15) is 4.39 Å². The van der Waals surface area contributed by atoms with Crippen LogP contribution in [0.25, 0.3) is 0 Å². The molecule has 1 rings (SSSR count). The van der Waals surface area contributed by atoms with Crippen molar-refractivity contribution in [3.8, 4) is 17.9 Å². The molecule has 0 aliphatic carbocycles. The van der Waals surface area contributed by atoms with Crippen molar-refractivity contribution in [2.75, 3.05) is 18.9 Å². The van der Waals surface area contributed by atoms with Crippen LogP contribution in [0.2, 0.25) is 0 Å². The van der Waals surface area contributed by atoms with Gasteiger partial charge in [0.2, 0.25) is 6.29 Å². The van der Waals surface area contributed by atoms with Crippen LogP contribution in [0.1, 0.15) is 25.0 Å². The number of rotatable bonds is 4. The van der Waals surface area contributed by atoms with E-state index in [1.165, 1.54) is 6.07 Å². The first-order chi connectivity index (χ1) is 9.12. The predicted octanol–water partition coefficient (Wildman–Crippen LogP) is 2.03. The smallest absolute Gasteiger partial charge is 0.222 e. The van der Waals surface area contributed by atoms with Crippen LogP contribution in [-0.2, 0) is 9.47 Å². The summed E-state index contributed by atoms with van der Waals surface area (Å²) in [7, 11) is 0. The van der Waals surface area contributed by atoms with E-state index in [0.717, 1.165) is 6.07 Å². The molecule has 1 aromatic carbocycles. The van der Waals surface area contributed by atoms with Gasteiger partial charge in [-0.2, -0.15) is 5.26 Å². The Labute approximate surface area is 111 Å². The largest absolute Gasteiger partial charge is 0.398 e. The monoisotopic (exact) mass is 262 g/mol. The van der Waals surface area contributed by atoms with Crippen LogP contribution in [0.3, 0.4) is 0 Å². The van der Waals surface area contributed by atoms with E-state index in [2.05, 4.69) is 11.8 Å². The summed E-state index contributed by atoms with van der Waals surface area (Å²) in [6, 6.07) is 4.11. The van der Waals surface area contributed by atoms with Gasteiger partial charge in [-0.1, -0.05) is 5.92 Å². The van der Waals surface area contributed by atoms with Gasteiger partial charge in [-0.25, -0.2) is 4.39 Å². The normalized spacial score (nSPS) is 9.84. The minimum Gasteiger partial charge on any atom is -0.398 e. The Kier molecular flexibility index (Phi) is 5.81. The molecule has 0 heterocycles. The van der Waals surface area contributed by atoms with Gasteiger partial charge >= 0.3 is 0 Å². The first-order valence-electron chi connectivity index (χ1n) is 5.86. The molecule has 1 aromatic rings. The fraction of sp³-hybridized carbons (Fsp3) is 0.357. The first-order valence-corrected chi connectivity index (χ1v) is 5.86. The second-order valence-corrected chi connectivity index (χ2v) is 3.54. The number of nitrogens with two attached hydrogens (primary N) is 1. The highest BCUT2D eigenvalue weighted by atomic mass is 19.1. The standard InChI is InChI=1S/C14H15FN2O2/c1-3-18-14(19-4-2)6-5-10-7-12(15)11(9-16)8-13(10)17/h7-8,14H,3-4,17H2,1-2H3. The number of nitrogen functional groups attached to an aromatic ring is 1. The zero-order valence-electron chi connectivity index (χ0n) is 10.9. The molecular weight excluding hydrogens is 247 g/mol. The van der Waals surface area contributed by atoms with E-state index in [4.69, 9.17) is 20.5 Å². The number of anilines is 1. The van der Waals surface area contributed by atoms with E-state index in [0.29, 0.717) is 18.8 Å². The summed E-state index contributed by atoms with van der Waals surface area (Å²) in [5.74, 6) is 4.77. The highest BCUT2D eigenvalue weighted by Gasteiger charge is 2.07. The highest BCUT2D eigenvalue weighted by molar-refractivity contribution is 5.59. The van der Waals surface area contributed by atoms with E-state index in [1.807, 2.05) is 13.8 Å². The third-order valence-corrected chi connectivity index (χ3v) is 2.22. The van der Waals surface area contributed by atoms with Crippen molar-refractivity contribution in [3.63, 3.8) is 0 Å². The number of hydrogen-bond donors (Lipinski definition) is 1. The average molecular weight is 262 g/mol. The fourth-order valence-electron chi connectivity index (χ4n) is 1.35. The minimum atomic E-state index is -0.673. The summed E-state index contributed by atoms with van der Waals surface area (Å²) in [5, 5.41) is 8.67. The molecule has 0 atom stereocenters. The van der Waals surface area contributed by atoms with E-state index in [-0.39, 0.29) is 11.3 Å². The molecule has 4 nitrogen and oxygen atoms in total. The molecule has 0 aromatic heterocycles. The van der Waals surface area contributed by atoms with Crippen molar-refractivity contribution < 1.29 is 13.9 Å². The molecule has 2 N–H and O–H groups in total. The predicted molar refractivity (Wildman–Crippen MR) is 69.4 cm³/mol. The molecule has 0 spiro atoms. The van der Waals surface area contributed by atoms with Gasteiger partial charge < -0.3 is 15.2 Å². The highest BCUT2D eigenvalue weighted by Crippen LogP contribution is 2.16. The topological polar surface area (TPSA) is 68.3 Å². The van der Waals surface area contributed by atoms with Crippen molar-refractivity contribution >= 4 is 5.69 Å². The Bertz CT molecular complexity index is 535. The third-order valence-electron chi connectivity index (χ3n) is 2.22. The minimum absolute atomic E-state index is 0.103. The molecule has 19 heavy (non-hydrogen) atoms. The summed E-state index contributed by atoms with van der Waals surface area (Å²) < 4.78 is 23.9. The maximum atomic E-state index is 13.4. The van der Waals surface area contributed by atoms with Gasteiger partial charge in [-0.05, 0) is 31.9 Å². The summed E-state index contributed by atoms with van der Waals surface area (Å²) in [4.78, 5) is 0.